The molecule has 3 nitrogen and oxygen atoms in total. The summed E-state index contributed by atoms with van der Waals surface area (Å²) in [5.41, 5.74) is 2.61. The maximum absolute atomic E-state index is 12.7. The van der Waals surface area contributed by atoms with Crippen LogP contribution in [0.25, 0.3) is 10.9 Å². The number of halogens is 4. The molecule has 2 aromatic rings. The number of hydrazine groups is 1. The van der Waals surface area contributed by atoms with Crippen LogP contribution in [0.1, 0.15) is 11.3 Å². The third kappa shape index (κ3) is 2.28. The van der Waals surface area contributed by atoms with Crippen LogP contribution in [0, 0.1) is 6.92 Å². The average Bonchev–Trinajstić information content (AvgIpc) is 2.26. The Balaban J connectivity index is 2.84. The number of aromatic nitrogens is 1. The molecule has 0 unspecified atom stereocenters. The summed E-state index contributed by atoms with van der Waals surface area (Å²) < 4.78 is 38.6. The molecule has 0 aliphatic carbocycles. The standard InChI is InChI=1S/C11H9BrF3N3/c1-5-2-6-8(18-16)4-9(11(13,14)15)17-10(6)7(12)3-5/h2-4H,16H2,1H3,(H,17,18). The van der Waals surface area contributed by atoms with Gasteiger partial charge in [-0.15, -0.1) is 0 Å². The molecule has 1 aromatic carbocycles. The summed E-state index contributed by atoms with van der Waals surface area (Å²) in [5, 5.41) is 0.539. The van der Waals surface area contributed by atoms with Gasteiger partial charge in [-0.05, 0) is 46.6 Å². The lowest BCUT2D eigenvalue weighted by Crippen LogP contribution is -2.13. The highest BCUT2D eigenvalue weighted by Gasteiger charge is 2.33. The van der Waals surface area contributed by atoms with Crippen LogP contribution in [0.4, 0.5) is 18.9 Å². The Kier molecular flexibility index (Phi) is 3.20. The number of nitrogen functional groups attached to an aromatic ring is 1. The van der Waals surface area contributed by atoms with Gasteiger partial charge in [-0.2, -0.15) is 13.2 Å². The molecule has 0 aliphatic rings. The van der Waals surface area contributed by atoms with Crippen LogP contribution < -0.4 is 11.3 Å². The largest absolute Gasteiger partial charge is 0.433 e. The van der Waals surface area contributed by atoms with E-state index in [1.54, 1.807) is 12.1 Å². The number of hydrogen-bond donors (Lipinski definition) is 2. The van der Waals surface area contributed by atoms with Gasteiger partial charge < -0.3 is 5.43 Å². The molecule has 0 saturated carbocycles. The highest BCUT2D eigenvalue weighted by Crippen LogP contribution is 2.35. The fraction of sp³-hybridized carbons (Fsp3) is 0.182. The predicted molar refractivity (Wildman–Crippen MR) is 67.0 cm³/mol. The summed E-state index contributed by atoms with van der Waals surface area (Å²) in [6.45, 7) is 1.84. The second kappa shape index (κ2) is 4.40. The third-order valence-corrected chi connectivity index (χ3v) is 3.06. The van der Waals surface area contributed by atoms with Gasteiger partial charge in [0.2, 0.25) is 0 Å². The fourth-order valence-corrected chi connectivity index (χ4v) is 2.35. The molecule has 2 rings (SSSR count). The average molecular weight is 320 g/mol. The lowest BCUT2D eigenvalue weighted by Gasteiger charge is -2.12. The smallest absolute Gasteiger partial charge is 0.323 e. The number of nitrogens with one attached hydrogen (secondary N) is 1. The van der Waals surface area contributed by atoms with Gasteiger partial charge in [-0.3, -0.25) is 5.84 Å². The van der Waals surface area contributed by atoms with Crippen molar-refractivity contribution >= 4 is 32.5 Å². The Bertz CT molecular complexity index is 610. The Morgan fingerprint density at radius 1 is 1.28 bits per heavy atom. The van der Waals surface area contributed by atoms with E-state index in [4.69, 9.17) is 5.84 Å². The van der Waals surface area contributed by atoms with Crippen LogP contribution in [0.3, 0.4) is 0 Å². The van der Waals surface area contributed by atoms with Crippen LogP contribution in [-0.2, 0) is 6.18 Å². The van der Waals surface area contributed by atoms with E-state index in [2.05, 4.69) is 26.3 Å². The summed E-state index contributed by atoms with van der Waals surface area (Å²) >= 11 is 3.21. The molecule has 0 spiro atoms. The normalized spacial score (nSPS) is 11.9. The molecule has 0 fully saturated rings. The zero-order valence-corrected chi connectivity index (χ0v) is 10.9. The minimum Gasteiger partial charge on any atom is -0.323 e. The lowest BCUT2D eigenvalue weighted by molar-refractivity contribution is -0.140. The number of nitrogens with zero attached hydrogens (tertiary/aromatic N) is 1. The van der Waals surface area contributed by atoms with E-state index in [9.17, 15) is 13.2 Å². The van der Waals surface area contributed by atoms with Gasteiger partial charge in [-0.1, -0.05) is 0 Å². The summed E-state index contributed by atoms with van der Waals surface area (Å²) in [7, 11) is 0. The number of pyridine rings is 1. The van der Waals surface area contributed by atoms with E-state index in [0.29, 0.717) is 9.86 Å². The molecule has 0 amide bonds. The monoisotopic (exact) mass is 319 g/mol. The number of aryl methyl sites for hydroxylation is 1. The maximum Gasteiger partial charge on any atom is 0.433 e. The van der Waals surface area contributed by atoms with Gasteiger partial charge in [0.15, 0.2) is 0 Å². The van der Waals surface area contributed by atoms with Gasteiger partial charge in [-0.25, -0.2) is 4.98 Å². The topological polar surface area (TPSA) is 50.9 Å². The van der Waals surface area contributed by atoms with Crippen molar-refractivity contribution in [2.75, 3.05) is 5.43 Å². The van der Waals surface area contributed by atoms with Gasteiger partial charge in [0, 0.05) is 9.86 Å². The zero-order valence-electron chi connectivity index (χ0n) is 9.27. The van der Waals surface area contributed by atoms with E-state index < -0.39 is 11.9 Å². The molecule has 7 heteroatoms. The molecule has 1 aromatic heterocycles. The van der Waals surface area contributed by atoms with Crippen molar-refractivity contribution in [1.82, 2.24) is 4.98 Å². The van der Waals surface area contributed by atoms with E-state index in [1.165, 1.54) is 0 Å². The number of alkyl halides is 3. The number of fused-ring (bicyclic) bond motifs is 1. The SMILES string of the molecule is Cc1cc(Br)c2nc(C(F)(F)F)cc(NN)c2c1. The van der Waals surface area contributed by atoms with Crippen molar-refractivity contribution in [2.45, 2.75) is 13.1 Å². The Hall–Kier alpha value is -1.34. The summed E-state index contributed by atoms with van der Waals surface area (Å²) in [6, 6.07) is 4.33. The Labute approximate surface area is 109 Å². The maximum atomic E-state index is 12.7. The Morgan fingerprint density at radius 3 is 2.50 bits per heavy atom. The molecule has 0 saturated heterocycles. The van der Waals surface area contributed by atoms with Crippen LogP contribution in [0.15, 0.2) is 22.7 Å². The lowest BCUT2D eigenvalue weighted by atomic mass is 10.1. The molecule has 0 atom stereocenters. The van der Waals surface area contributed by atoms with E-state index in [0.717, 1.165) is 11.6 Å². The van der Waals surface area contributed by atoms with Gasteiger partial charge in [0.25, 0.3) is 0 Å². The summed E-state index contributed by atoms with van der Waals surface area (Å²) in [4.78, 5) is 3.63. The van der Waals surface area contributed by atoms with Crippen molar-refractivity contribution in [3.63, 3.8) is 0 Å². The number of nitrogens with two attached hydrogens (primary N) is 1. The molecular weight excluding hydrogens is 311 g/mol. The van der Waals surface area contributed by atoms with Crippen molar-refractivity contribution in [3.8, 4) is 0 Å². The first kappa shape index (κ1) is 13.1. The van der Waals surface area contributed by atoms with Crippen molar-refractivity contribution < 1.29 is 13.2 Å². The van der Waals surface area contributed by atoms with Gasteiger partial charge in [0.1, 0.15) is 5.69 Å². The second-order valence-electron chi connectivity index (χ2n) is 3.84. The number of benzene rings is 1. The quantitative estimate of drug-likeness (QED) is 0.623. The van der Waals surface area contributed by atoms with Crippen LogP contribution in [0.2, 0.25) is 0 Å². The van der Waals surface area contributed by atoms with E-state index >= 15 is 0 Å². The molecule has 0 radical (unpaired) electrons. The summed E-state index contributed by atoms with van der Waals surface area (Å²) in [6.07, 6.45) is -4.51. The molecular formula is C11H9BrF3N3. The van der Waals surface area contributed by atoms with Crippen LogP contribution in [0.5, 0.6) is 0 Å². The molecule has 0 aliphatic heterocycles. The first-order valence-corrected chi connectivity index (χ1v) is 5.77. The minimum absolute atomic E-state index is 0.191. The minimum atomic E-state index is -4.51. The second-order valence-corrected chi connectivity index (χ2v) is 4.69. The first-order valence-electron chi connectivity index (χ1n) is 4.97. The fourth-order valence-electron chi connectivity index (χ4n) is 1.69. The highest BCUT2D eigenvalue weighted by molar-refractivity contribution is 9.10. The van der Waals surface area contributed by atoms with Crippen molar-refractivity contribution in [3.05, 3.63) is 33.9 Å². The Morgan fingerprint density at radius 2 is 1.94 bits per heavy atom. The molecule has 96 valence electrons. The molecule has 18 heavy (non-hydrogen) atoms. The third-order valence-electron chi connectivity index (χ3n) is 2.46. The predicted octanol–water partition coefficient (Wildman–Crippen LogP) is 3.61. The van der Waals surface area contributed by atoms with Gasteiger partial charge in [0.05, 0.1) is 11.2 Å². The molecule has 3 N–H and O–H groups in total. The zero-order chi connectivity index (χ0) is 13.5. The van der Waals surface area contributed by atoms with Crippen molar-refractivity contribution in [1.29, 1.82) is 0 Å². The number of hydrogen-bond acceptors (Lipinski definition) is 3. The molecule has 0 bridgehead atoms. The summed E-state index contributed by atoms with van der Waals surface area (Å²) in [5.74, 6) is 5.27. The van der Waals surface area contributed by atoms with Crippen LogP contribution in [-0.4, -0.2) is 4.98 Å². The van der Waals surface area contributed by atoms with Gasteiger partial charge >= 0.3 is 6.18 Å². The first-order chi connectivity index (χ1) is 8.32. The number of rotatable bonds is 1. The van der Waals surface area contributed by atoms with Crippen LogP contribution >= 0.6 is 15.9 Å². The molecule has 1 heterocycles. The van der Waals surface area contributed by atoms with Crippen molar-refractivity contribution in [2.24, 2.45) is 5.84 Å². The number of anilines is 1. The van der Waals surface area contributed by atoms with E-state index in [1.807, 2.05) is 6.92 Å². The highest BCUT2D eigenvalue weighted by atomic mass is 79.9. The van der Waals surface area contributed by atoms with E-state index in [-0.39, 0.29) is 11.2 Å².